The van der Waals surface area contributed by atoms with Crippen LogP contribution in [0.2, 0.25) is 0 Å². The third-order valence-electron chi connectivity index (χ3n) is 7.94. The molecule has 0 radical (unpaired) electrons. The Morgan fingerprint density at radius 3 is 2.73 bits per heavy atom. The van der Waals surface area contributed by atoms with E-state index >= 15 is 0 Å². The van der Waals surface area contributed by atoms with E-state index in [0.29, 0.717) is 5.92 Å². The molecule has 2 atom stereocenters. The molecule has 0 saturated carbocycles. The fourth-order valence-electron chi connectivity index (χ4n) is 6.17. The summed E-state index contributed by atoms with van der Waals surface area (Å²) in [6.45, 7) is 7.62. The lowest BCUT2D eigenvalue weighted by atomic mass is 9.85. The maximum Gasteiger partial charge on any atom is 0.407 e. The Hall–Kier alpha value is -2.92. The van der Waals surface area contributed by atoms with Crippen molar-refractivity contribution in [1.82, 2.24) is 15.2 Å². The number of hydrogen-bond donors (Lipinski definition) is 1. The summed E-state index contributed by atoms with van der Waals surface area (Å²) in [6.07, 6.45) is 4.80. The van der Waals surface area contributed by atoms with Crippen molar-refractivity contribution < 1.29 is 9.53 Å². The van der Waals surface area contributed by atoms with Crippen molar-refractivity contribution in [3.8, 4) is 11.1 Å². The number of rotatable bonds is 3. The highest BCUT2D eigenvalue weighted by Crippen LogP contribution is 2.46. The van der Waals surface area contributed by atoms with E-state index in [1.807, 2.05) is 12.3 Å². The smallest absolute Gasteiger partial charge is 0.407 e. The molecule has 4 heterocycles. The van der Waals surface area contributed by atoms with Crippen molar-refractivity contribution in [3.63, 3.8) is 0 Å². The van der Waals surface area contributed by atoms with Gasteiger partial charge in [0.25, 0.3) is 0 Å². The number of amides is 1. The van der Waals surface area contributed by atoms with Crippen molar-refractivity contribution in [2.24, 2.45) is 11.3 Å². The summed E-state index contributed by atoms with van der Waals surface area (Å²) < 4.78 is 5.94. The van der Waals surface area contributed by atoms with Gasteiger partial charge in [-0.1, -0.05) is 56.3 Å². The largest absolute Gasteiger partial charge is 0.445 e. The normalized spacial score (nSPS) is 27.3. The number of para-hydroxylation sites is 1. The Morgan fingerprint density at radius 1 is 1.12 bits per heavy atom. The molecule has 2 aromatic carbocycles. The monoisotopic (exact) mass is 441 g/mol. The fourth-order valence-corrected chi connectivity index (χ4v) is 6.17. The van der Waals surface area contributed by atoms with Crippen molar-refractivity contribution >= 4 is 17.0 Å². The Morgan fingerprint density at radius 2 is 1.94 bits per heavy atom. The molecule has 1 amide bonds. The molecule has 3 saturated heterocycles. The molecule has 5 nitrogen and oxygen atoms in total. The van der Waals surface area contributed by atoms with Crippen molar-refractivity contribution in [3.05, 3.63) is 65.9 Å². The first kappa shape index (κ1) is 20.7. The van der Waals surface area contributed by atoms with Gasteiger partial charge in [0.05, 0.1) is 11.6 Å². The summed E-state index contributed by atoms with van der Waals surface area (Å²) in [7, 11) is 0. The van der Waals surface area contributed by atoms with Crippen molar-refractivity contribution in [2.75, 3.05) is 19.6 Å². The maximum absolute atomic E-state index is 12.9. The van der Waals surface area contributed by atoms with Crippen LogP contribution in [-0.4, -0.2) is 41.7 Å². The molecule has 0 spiro atoms. The van der Waals surface area contributed by atoms with Crippen LogP contribution in [0.3, 0.4) is 0 Å². The van der Waals surface area contributed by atoms with Crippen molar-refractivity contribution in [2.45, 2.75) is 45.3 Å². The summed E-state index contributed by atoms with van der Waals surface area (Å²) in [5.74, 6) is 0.515. The first-order valence-corrected chi connectivity index (χ1v) is 12.1. The van der Waals surface area contributed by atoms with E-state index in [1.165, 1.54) is 16.7 Å². The second kappa shape index (κ2) is 7.84. The predicted octanol–water partition coefficient (Wildman–Crippen LogP) is 5.35. The second-order valence-corrected chi connectivity index (χ2v) is 10.6. The topological polar surface area (TPSA) is 54.5 Å². The molecule has 1 aliphatic carbocycles. The number of carbonyl (C=O) groups excluding carboxylic acids is 1. The number of nitrogens with zero attached hydrogens (tertiary/aromatic N) is 2. The number of carbonyl (C=O) groups is 1. The first-order chi connectivity index (χ1) is 16.0. The van der Waals surface area contributed by atoms with Gasteiger partial charge in [-0.3, -0.25) is 9.88 Å². The number of piperidine rings is 3. The number of benzene rings is 2. The zero-order valence-electron chi connectivity index (χ0n) is 19.4. The molecule has 33 heavy (non-hydrogen) atoms. The Kier molecular flexibility index (Phi) is 4.91. The van der Waals surface area contributed by atoms with E-state index in [4.69, 9.17) is 4.74 Å². The summed E-state index contributed by atoms with van der Waals surface area (Å²) >= 11 is 0. The standard InChI is InChI=1S/C28H31N3O2/c1-28(2)16-21-15-20(22-7-3-5-19-6-4-12-29-25(19)22)8-9-23(21)26(28)30-27(32)33-24-17-31-13-10-18(24)11-14-31/h3-9,12,15,18,24,26H,10-11,13-14,16-17H2,1-2H3,(H,30,32)/t24-,26?/m0/s1. The van der Waals surface area contributed by atoms with Crippen molar-refractivity contribution in [1.29, 1.82) is 0 Å². The maximum atomic E-state index is 12.9. The highest BCUT2D eigenvalue weighted by atomic mass is 16.6. The van der Waals surface area contributed by atoms with Crippen LogP contribution in [0, 0.1) is 11.3 Å². The van der Waals surface area contributed by atoms with Crippen LogP contribution in [0.4, 0.5) is 4.79 Å². The molecule has 2 bridgehead atoms. The van der Waals surface area contributed by atoms with Gasteiger partial charge >= 0.3 is 6.09 Å². The summed E-state index contributed by atoms with van der Waals surface area (Å²) in [6, 6.07) is 17.0. The molecule has 1 aromatic heterocycles. The van der Waals surface area contributed by atoms with E-state index < -0.39 is 0 Å². The lowest BCUT2D eigenvalue weighted by Gasteiger charge is -2.44. The van der Waals surface area contributed by atoms with Gasteiger partial charge in [-0.05, 0) is 66.4 Å². The molecule has 4 aliphatic rings. The molecule has 1 unspecified atom stereocenters. The molecule has 3 aliphatic heterocycles. The molecule has 170 valence electrons. The van der Waals surface area contributed by atoms with Gasteiger partial charge < -0.3 is 10.1 Å². The Balaban J connectivity index is 1.25. The third kappa shape index (κ3) is 3.68. The second-order valence-electron chi connectivity index (χ2n) is 10.6. The van der Waals surface area contributed by atoms with Crippen LogP contribution in [0.5, 0.6) is 0 Å². The van der Waals surface area contributed by atoms with Crippen LogP contribution < -0.4 is 5.32 Å². The highest BCUT2D eigenvalue weighted by molar-refractivity contribution is 5.93. The first-order valence-electron chi connectivity index (χ1n) is 12.1. The molecule has 3 fully saturated rings. The Labute approximate surface area is 195 Å². The number of pyridine rings is 1. The number of hydrogen-bond acceptors (Lipinski definition) is 4. The summed E-state index contributed by atoms with van der Waals surface area (Å²) in [5.41, 5.74) is 5.75. The van der Waals surface area contributed by atoms with E-state index in [2.05, 4.69) is 71.5 Å². The van der Waals surface area contributed by atoms with Gasteiger partial charge in [-0.2, -0.15) is 0 Å². The van der Waals surface area contributed by atoms with Crippen LogP contribution in [0.25, 0.3) is 22.0 Å². The highest BCUT2D eigenvalue weighted by Gasteiger charge is 2.42. The van der Waals surface area contributed by atoms with E-state index in [9.17, 15) is 4.79 Å². The van der Waals surface area contributed by atoms with Gasteiger partial charge in [0.1, 0.15) is 6.10 Å². The van der Waals surface area contributed by atoms with Gasteiger partial charge in [0.15, 0.2) is 0 Å². The van der Waals surface area contributed by atoms with Crippen LogP contribution in [0.15, 0.2) is 54.7 Å². The van der Waals surface area contributed by atoms with Gasteiger partial charge in [-0.15, -0.1) is 0 Å². The van der Waals surface area contributed by atoms with E-state index in [-0.39, 0.29) is 23.7 Å². The minimum Gasteiger partial charge on any atom is -0.445 e. The fraction of sp³-hybridized carbons (Fsp3) is 0.429. The minimum absolute atomic E-state index is 0.0257. The average molecular weight is 442 g/mol. The Bertz CT molecular complexity index is 1210. The quantitative estimate of drug-likeness (QED) is 0.596. The summed E-state index contributed by atoms with van der Waals surface area (Å²) in [4.78, 5) is 20.0. The zero-order valence-corrected chi connectivity index (χ0v) is 19.4. The van der Waals surface area contributed by atoms with Crippen LogP contribution in [0.1, 0.15) is 43.9 Å². The number of nitrogens with one attached hydrogen (secondary N) is 1. The van der Waals surface area contributed by atoms with Gasteiger partial charge in [0, 0.05) is 23.7 Å². The van der Waals surface area contributed by atoms with E-state index in [0.717, 1.165) is 55.4 Å². The van der Waals surface area contributed by atoms with Gasteiger partial charge in [-0.25, -0.2) is 4.79 Å². The average Bonchev–Trinajstić information content (AvgIpc) is 3.08. The third-order valence-corrected chi connectivity index (χ3v) is 7.94. The number of ether oxygens (including phenoxy) is 1. The van der Waals surface area contributed by atoms with E-state index in [1.54, 1.807) is 0 Å². The SMILES string of the molecule is CC1(C)Cc2cc(-c3cccc4cccnc34)ccc2C1NC(=O)O[C@H]1CN2CCC1CC2. The minimum atomic E-state index is -0.276. The molecule has 3 aromatic rings. The number of fused-ring (bicyclic) bond motifs is 5. The predicted molar refractivity (Wildman–Crippen MR) is 130 cm³/mol. The lowest BCUT2D eigenvalue weighted by molar-refractivity contribution is -0.0348. The molecular weight excluding hydrogens is 410 g/mol. The number of alkyl carbamates (subject to hydrolysis) is 1. The number of aromatic nitrogens is 1. The molecule has 5 heteroatoms. The van der Waals surface area contributed by atoms with Gasteiger partial charge in [0.2, 0.25) is 0 Å². The lowest BCUT2D eigenvalue weighted by Crippen LogP contribution is -2.53. The van der Waals surface area contributed by atoms with Crippen LogP contribution >= 0.6 is 0 Å². The molecule has 1 N–H and O–H groups in total. The summed E-state index contributed by atoms with van der Waals surface area (Å²) in [5, 5.41) is 4.37. The van der Waals surface area contributed by atoms with Crippen LogP contribution in [-0.2, 0) is 11.2 Å². The molecular formula is C28H31N3O2. The zero-order chi connectivity index (χ0) is 22.6. The molecule has 7 rings (SSSR count).